The van der Waals surface area contributed by atoms with E-state index in [4.69, 9.17) is 0 Å². The zero-order valence-corrected chi connectivity index (χ0v) is 13.2. The lowest BCUT2D eigenvalue weighted by Crippen LogP contribution is -2.40. The number of benzene rings is 1. The molecular formula is C15H17BrF3NO. The Morgan fingerprint density at radius 3 is 2.43 bits per heavy atom. The molecule has 116 valence electrons. The van der Waals surface area contributed by atoms with Gasteiger partial charge in [0.05, 0.1) is 5.92 Å². The molecule has 0 bridgehead atoms. The SMILES string of the molecule is Cc1c(Br)cccc1C(=O)NC1CCC(C(F)(F)F)CC1. The van der Waals surface area contributed by atoms with E-state index < -0.39 is 12.1 Å². The van der Waals surface area contributed by atoms with E-state index in [-0.39, 0.29) is 24.8 Å². The van der Waals surface area contributed by atoms with E-state index in [2.05, 4.69) is 21.2 Å². The van der Waals surface area contributed by atoms with Gasteiger partial charge in [0.1, 0.15) is 0 Å². The molecule has 21 heavy (non-hydrogen) atoms. The molecule has 1 amide bonds. The van der Waals surface area contributed by atoms with Crippen molar-refractivity contribution in [2.75, 3.05) is 0 Å². The number of nitrogens with one attached hydrogen (secondary N) is 1. The highest BCUT2D eigenvalue weighted by Crippen LogP contribution is 2.37. The molecule has 0 spiro atoms. The van der Waals surface area contributed by atoms with Gasteiger partial charge in [-0.2, -0.15) is 13.2 Å². The minimum Gasteiger partial charge on any atom is -0.349 e. The number of alkyl halides is 3. The monoisotopic (exact) mass is 363 g/mol. The highest BCUT2D eigenvalue weighted by molar-refractivity contribution is 9.10. The second-order valence-electron chi connectivity index (χ2n) is 5.48. The Morgan fingerprint density at radius 1 is 1.24 bits per heavy atom. The van der Waals surface area contributed by atoms with Gasteiger partial charge >= 0.3 is 6.18 Å². The fraction of sp³-hybridized carbons (Fsp3) is 0.533. The molecule has 6 heteroatoms. The van der Waals surface area contributed by atoms with Crippen LogP contribution in [0.5, 0.6) is 0 Å². The Kier molecular flexibility index (Phi) is 4.96. The lowest BCUT2D eigenvalue weighted by molar-refractivity contribution is -0.182. The predicted octanol–water partition coefficient (Wildman–Crippen LogP) is 4.61. The van der Waals surface area contributed by atoms with E-state index >= 15 is 0 Å². The molecule has 0 radical (unpaired) electrons. The van der Waals surface area contributed by atoms with E-state index in [1.807, 2.05) is 13.0 Å². The predicted molar refractivity (Wildman–Crippen MR) is 78.1 cm³/mol. The molecule has 1 aliphatic rings. The van der Waals surface area contributed by atoms with Crippen LogP contribution in [0.3, 0.4) is 0 Å². The van der Waals surface area contributed by atoms with Crippen molar-refractivity contribution in [3.05, 3.63) is 33.8 Å². The lowest BCUT2D eigenvalue weighted by Gasteiger charge is -2.30. The second-order valence-corrected chi connectivity index (χ2v) is 6.33. The van der Waals surface area contributed by atoms with Gasteiger partial charge < -0.3 is 5.32 Å². The van der Waals surface area contributed by atoms with Gasteiger partial charge in [0.25, 0.3) is 5.91 Å². The van der Waals surface area contributed by atoms with Crippen LogP contribution in [0.1, 0.15) is 41.6 Å². The molecule has 1 aromatic rings. The molecule has 0 aromatic heterocycles. The summed E-state index contributed by atoms with van der Waals surface area (Å²) in [6.07, 6.45) is -3.18. The van der Waals surface area contributed by atoms with Crippen molar-refractivity contribution >= 4 is 21.8 Å². The number of carbonyl (C=O) groups is 1. The molecule has 2 nitrogen and oxygen atoms in total. The fourth-order valence-corrected chi connectivity index (χ4v) is 3.05. The minimum absolute atomic E-state index is 0.0892. The fourth-order valence-electron chi connectivity index (χ4n) is 2.68. The largest absolute Gasteiger partial charge is 0.391 e. The molecule has 0 aliphatic heterocycles. The van der Waals surface area contributed by atoms with Crippen LogP contribution >= 0.6 is 15.9 Å². The van der Waals surface area contributed by atoms with Gasteiger partial charge in [0, 0.05) is 16.1 Å². The van der Waals surface area contributed by atoms with Crippen LogP contribution in [0, 0.1) is 12.8 Å². The van der Waals surface area contributed by atoms with Gasteiger partial charge in [-0.15, -0.1) is 0 Å². The van der Waals surface area contributed by atoms with Crippen LogP contribution in [0.4, 0.5) is 13.2 Å². The third-order valence-electron chi connectivity index (χ3n) is 4.04. The zero-order valence-electron chi connectivity index (χ0n) is 11.6. The molecule has 0 heterocycles. The summed E-state index contributed by atoms with van der Waals surface area (Å²) < 4.78 is 38.6. The summed E-state index contributed by atoms with van der Waals surface area (Å²) in [4.78, 5) is 12.2. The van der Waals surface area contributed by atoms with E-state index in [1.54, 1.807) is 12.1 Å². The number of hydrogen-bond acceptors (Lipinski definition) is 1. The van der Waals surface area contributed by atoms with Crippen LogP contribution in [0.15, 0.2) is 22.7 Å². The third-order valence-corrected chi connectivity index (χ3v) is 4.90. The highest BCUT2D eigenvalue weighted by Gasteiger charge is 2.41. The maximum Gasteiger partial charge on any atom is 0.391 e. The Balaban J connectivity index is 1.95. The van der Waals surface area contributed by atoms with Gasteiger partial charge in [-0.3, -0.25) is 4.79 Å². The topological polar surface area (TPSA) is 29.1 Å². The molecule has 0 unspecified atom stereocenters. The smallest absolute Gasteiger partial charge is 0.349 e. The molecule has 1 fully saturated rings. The molecule has 0 atom stereocenters. The summed E-state index contributed by atoms with van der Waals surface area (Å²) in [5, 5.41) is 2.85. The van der Waals surface area contributed by atoms with Crippen LogP contribution in [-0.2, 0) is 0 Å². The van der Waals surface area contributed by atoms with Crippen LogP contribution in [-0.4, -0.2) is 18.1 Å². The Bertz CT molecular complexity index is 522. The summed E-state index contributed by atoms with van der Waals surface area (Å²) in [6, 6.07) is 5.17. The first-order valence-electron chi connectivity index (χ1n) is 6.91. The minimum atomic E-state index is -4.12. The van der Waals surface area contributed by atoms with Crippen molar-refractivity contribution in [1.29, 1.82) is 0 Å². The Labute approximate surface area is 130 Å². The summed E-state index contributed by atoms with van der Waals surface area (Å²) in [7, 11) is 0. The molecule has 2 rings (SSSR count). The van der Waals surface area contributed by atoms with Gasteiger partial charge in [0.2, 0.25) is 0 Å². The first kappa shape index (κ1) is 16.3. The Hall–Kier alpha value is -1.04. The van der Waals surface area contributed by atoms with Crippen molar-refractivity contribution < 1.29 is 18.0 Å². The number of carbonyl (C=O) groups excluding carboxylic acids is 1. The van der Waals surface area contributed by atoms with Gasteiger partial charge in [0.15, 0.2) is 0 Å². The summed E-state index contributed by atoms with van der Waals surface area (Å²) in [5.41, 5.74) is 1.39. The van der Waals surface area contributed by atoms with Crippen LogP contribution in [0.2, 0.25) is 0 Å². The third kappa shape index (κ3) is 3.99. The van der Waals surface area contributed by atoms with Crippen molar-refractivity contribution in [1.82, 2.24) is 5.32 Å². The van der Waals surface area contributed by atoms with Crippen LogP contribution in [0.25, 0.3) is 0 Å². The first-order chi connectivity index (χ1) is 9.79. The molecule has 1 aromatic carbocycles. The number of hydrogen-bond donors (Lipinski definition) is 1. The van der Waals surface area contributed by atoms with Gasteiger partial charge in [-0.1, -0.05) is 22.0 Å². The van der Waals surface area contributed by atoms with E-state index in [0.29, 0.717) is 18.4 Å². The average Bonchev–Trinajstić information content (AvgIpc) is 2.41. The Morgan fingerprint density at radius 2 is 1.86 bits per heavy atom. The molecule has 1 aliphatic carbocycles. The van der Waals surface area contributed by atoms with Crippen molar-refractivity contribution in [2.45, 2.75) is 44.8 Å². The van der Waals surface area contributed by atoms with E-state index in [0.717, 1.165) is 10.0 Å². The average molecular weight is 364 g/mol. The quantitative estimate of drug-likeness (QED) is 0.816. The van der Waals surface area contributed by atoms with Gasteiger partial charge in [-0.25, -0.2) is 0 Å². The number of halogens is 4. The van der Waals surface area contributed by atoms with Crippen molar-refractivity contribution in [3.63, 3.8) is 0 Å². The van der Waals surface area contributed by atoms with E-state index in [9.17, 15) is 18.0 Å². The highest BCUT2D eigenvalue weighted by atomic mass is 79.9. The second kappa shape index (κ2) is 6.38. The lowest BCUT2D eigenvalue weighted by atomic mass is 9.85. The molecule has 1 saturated carbocycles. The number of rotatable bonds is 2. The normalized spacial score (nSPS) is 22.9. The maximum absolute atomic E-state index is 12.6. The van der Waals surface area contributed by atoms with Crippen molar-refractivity contribution in [3.8, 4) is 0 Å². The van der Waals surface area contributed by atoms with Crippen molar-refractivity contribution in [2.24, 2.45) is 5.92 Å². The number of amides is 1. The maximum atomic E-state index is 12.6. The summed E-state index contributed by atoms with van der Waals surface area (Å²) in [6.45, 7) is 1.83. The molecular weight excluding hydrogens is 347 g/mol. The zero-order chi connectivity index (χ0) is 15.6. The van der Waals surface area contributed by atoms with Gasteiger partial charge in [-0.05, 0) is 50.3 Å². The summed E-state index contributed by atoms with van der Waals surface area (Å²) in [5.74, 6) is -1.44. The first-order valence-corrected chi connectivity index (χ1v) is 7.71. The van der Waals surface area contributed by atoms with E-state index in [1.165, 1.54) is 0 Å². The summed E-state index contributed by atoms with van der Waals surface area (Å²) >= 11 is 3.36. The molecule has 1 N–H and O–H groups in total. The standard InChI is InChI=1S/C15H17BrF3NO/c1-9-12(3-2-4-13(9)16)14(21)20-11-7-5-10(6-8-11)15(17,18)19/h2-4,10-11H,5-8H2,1H3,(H,20,21). The van der Waals surface area contributed by atoms with Crippen LogP contribution < -0.4 is 5.32 Å². The molecule has 0 saturated heterocycles.